The standard InChI is InChI=1S/C16H15BrN2O3S/c1-2-22-14-8-3-10(17)9-13(14)15(21)19-16(23)18-11-4-6-12(20)7-5-11/h3-9,20H,2H2,1H3,(H2,18,19,21,23). The summed E-state index contributed by atoms with van der Waals surface area (Å²) < 4.78 is 6.22. The first kappa shape index (κ1) is 17.2. The highest BCUT2D eigenvalue weighted by Crippen LogP contribution is 2.23. The van der Waals surface area contributed by atoms with E-state index in [1.54, 1.807) is 30.3 Å². The van der Waals surface area contributed by atoms with Crippen molar-refractivity contribution in [1.82, 2.24) is 5.32 Å². The molecule has 0 saturated heterocycles. The largest absolute Gasteiger partial charge is 0.508 e. The first-order valence-electron chi connectivity index (χ1n) is 6.83. The minimum atomic E-state index is -0.369. The van der Waals surface area contributed by atoms with E-state index >= 15 is 0 Å². The van der Waals surface area contributed by atoms with Crippen molar-refractivity contribution in [2.45, 2.75) is 6.92 Å². The van der Waals surface area contributed by atoms with Gasteiger partial charge in [0, 0.05) is 10.2 Å². The van der Waals surface area contributed by atoms with Gasteiger partial charge in [-0.1, -0.05) is 15.9 Å². The molecular formula is C16H15BrN2O3S. The first-order valence-corrected chi connectivity index (χ1v) is 8.03. The molecule has 2 aromatic carbocycles. The highest BCUT2D eigenvalue weighted by Gasteiger charge is 2.14. The number of benzene rings is 2. The van der Waals surface area contributed by atoms with E-state index in [-0.39, 0.29) is 16.8 Å². The van der Waals surface area contributed by atoms with Crippen LogP contribution in [0.4, 0.5) is 5.69 Å². The molecule has 2 aromatic rings. The van der Waals surface area contributed by atoms with Crippen LogP contribution in [0.5, 0.6) is 11.5 Å². The van der Waals surface area contributed by atoms with Crippen LogP contribution in [0, 0.1) is 0 Å². The fraction of sp³-hybridized carbons (Fsp3) is 0.125. The molecule has 0 aromatic heterocycles. The summed E-state index contributed by atoms with van der Waals surface area (Å²) in [6.45, 7) is 2.30. The SMILES string of the molecule is CCOc1ccc(Br)cc1C(=O)NC(=S)Nc1ccc(O)cc1. The summed E-state index contributed by atoms with van der Waals surface area (Å²) in [6, 6.07) is 11.5. The Hall–Kier alpha value is -2.12. The van der Waals surface area contributed by atoms with Crippen molar-refractivity contribution in [1.29, 1.82) is 0 Å². The molecule has 120 valence electrons. The van der Waals surface area contributed by atoms with Gasteiger partial charge < -0.3 is 15.2 Å². The van der Waals surface area contributed by atoms with Gasteiger partial charge in [-0.05, 0) is 61.6 Å². The Labute approximate surface area is 147 Å². The van der Waals surface area contributed by atoms with Gasteiger partial charge in [-0.2, -0.15) is 0 Å². The number of aromatic hydroxyl groups is 1. The van der Waals surface area contributed by atoms with Crippen LogP contribution in [0.3, 0.4) is 0 Å². The van der Waals surface area contributed by atoms with Gasteiger partial charge in [0.05, 0.1) is 12.2 Å². The van der Waals surface area contributed by atoms with E-state index in [0.29, 0.717) is 23.6 Å². The maximum Gasteiger partial charge on any atom is 0.261 e. The van der Waals surface area contributed by atoms with Gasteiger partial charge in [0.1, 0.15) is 11.5 Å². The maximum atomic E-state index is 12.4. The van der Waals surface area contributed by atoms with Crippen LogP contribution in [-0.2, 0) is 0 Å². The topological polar surface area (TPSA) is 70.6 Å². The zero-order chi connectivity index (χ0) is 16.8. The van der Waals surface area contributed by atoms with Crippen molar-refractivity contribution in [2.24, 2.45) is 0 Å². The Balaban J connectivity index is 2.07. The lowest BCUT2D eigenvalue weighted by Gasteiger charge is -2.13. The van der Waals surface area contributed by atoms with E-state index in [2.05, 4.69) is 26.6 Å². The summed E-state index contributed by atoms with van der Waals surface area (Å²) in [4.78, 5) is 12.4. The van der Waals surface area contributed by atoms with Gasteiger partial charge in [0.25, 0.3) is 5.91 Å². The quantitative estimate of drug-likeness (QED) is 0.544. The number of anilines is 1. The lowest BCUT2D eigenvalue weighted by molar-refractivity contribution is 0.0974. The Morgan fingerprint density at radius 2 is 1.96 bits per heavy atom. The molecule has 0 radical (unpaired) electrons. The molecule has 0 aliphatic rings. The third kappa shape index (κ3) is 4.94. The normalized spacial score (nSPS) is 10.0. The van der Waals surface area contributed by atoms with Gasteiger partial charge in [-0.15, -0.1) is 0 Å². The number of amides is 1. The summed E-state index contributed by atoms with van der Waals surface area (Å²) in [5, 5.41) is 14.9. The molecule has 0 aliphatic carbocycles. The monoisotopic (exact) mass is 394 g/mol. The third-order valence-corrected chi connectivity index (χ3v) is 3.54. The summed E-state index contributed by atoms with van der Waals surface area (Å²) in [6.07, 6.45) is 0. The Morgan fingerprint density at radius 1 is 1.26 bits per heavy atom. The molecule has 3 N–H and O–H groups in total. The van der Waals surface area contributed by atoms with Crippen molar-refractivity contribution in [3.63, 3.8) is 0 Å². The molecule has 0 heterocycles. The van der Waals surface area contributed by atoms with Crippen LogP contribution in [-0.4, -0.2) is 22.7 Å². The minimum Gasteiger partial charge on any atom is -0.508 e. The molecule has 0 atom stereocenters. The van der Waals surface area contributed by atoms with Crippen LogP contribution >= 0.6 is 28.1 Å². The Kier molecular flexibility index (Phi) is 5.95. The molecule has 2 rings (SSSR count). The molecule has 0 saturated carbocycles. The fourth-order valence-corrected chi connectivity index (χ4v) is 2.41. The van der Waals surface area contributed by atoms with E-state index in [1.165, 1.54) is 12.1 Å². The Morgan fingerprint density at radius 3 is 2.61 bits per heavy atom. The number of nitrogens with one attached hydrogen (secondary N) is 2. The van der Waals surface area contributed by atoms with E-state index in [4.69, 9.17) is 17.0 Å². The van der Waals surface area contributed by atoms with Crippen LogP contribution in [0.15, 0.2) is 46.9 Å². The molecule has 7 heteroatoms. The number of phenolic OH excluding ortho intramolecular Hbond substituents is 1. The lowest BCUT2D eigenvalue weighted by atomic mass is 10.2. The van der Waals surface area contributed by atoms with Crippen LogP contribution < -0.4 is 15.4 Å². The van der Waals surface area contributed by atoms with Crippen molar-refractivity contribution >= 4 is 44.9 Å². The highest BCUT2D eigenvalue weighted by atomic mass is 79.9. The van der Waals surface area contributed by atoms with Gasteiger partial charge >= 0.3 is 0 Å². The number of thiocarbonyl (C=S) groups is 1. The summed E-state index contributed by atoms with van der Waals surface area (Å²) in [5.74, 6) is 0.271. The van der Waals surface area contributed by atoms with Gasteiger partial charge in [-0.25, -0.2) is 0 Å². The molecule has 0 unspecified atom stereocenters. The zero-order valence-electron chi connectivity index (χ0n) is 12.3. The van der Waals surface area contributed by atoms with Crippen LogP contribution in [0.2, 0.25) is 0 Å². The second kappa shape index (κ2) is 7.94. The van der Waals surface area contributed by atoms with E-state index in [1.807, 2.05) is 6.92 Å². The third-order valence-electron chi connectivity index (χ3n) is 2.84. The molecule has 23 heavy (non-hydrogen) atoms. The van der Waals surface area contributed by atoms with Crippen molar-refractivity contribution in [3.05, 3.63) is 52.5 Å². The van der Waals surface area contributed by atoms with Crippen molar-refractivity contribution in [3.8, 4) is 11.5 Å². The Bertz CT molecular complexity index is 720. The summed E-state index contributed by atoms with van der Waals surface area (Å²) in [5.41, 5.74) is 1.04. The molecule has 0 spiro atoms. The molecule has 1 amide bonds. The average molecular weight is 395 g/mol. The second-order valence-corrected chi connectivity index (χ2v) is 5.85. The van der Waals surface area contributed by atoms with Crippen molar-refractivity contribution < 1.29 is 14.6 Å². The van der Waals surface area contributed by atoms with E-state index < -0.39 is 0 Å². The fourth-order valence-electron chi connectivity index (χ4n) is 1.84. The molecular weight excluding hydrogens is 380 g/mol. The molecule has 0 bridgehead atoms. The molecule has 0 aliphatic heterocycles. The predicted octanol–water partition coefficient (Wildman–Crippen LogP) is 3.68. The average Bonchev–Trinajstić information content (AvgIpc) is 2.51. The zero-order valence-corrected chi connectivity index (χ0v) is 14.7. The number of phenols is 1. The maximum absolute atomic E-state index is 12.4. The number of ether oxygens (including phenoxy) is 1. The summed E-state index contributed by atoms with van der Waals surface area (Å²) >= 11 is 8.46. The second-order valence-electron chi connectivity index (χ2n) is 4.53. The molecule has 5 nitrogen and oxygen atoms in total. The minimum absolute atomic E-state index is 0.154. The summed E-state index contributed by atoms with van der Waals surface area (Å²) in [7, 11) is 0. The van der Waals surface area contributed by atoms with Crippen LogP contribution in [0.1, 0.15) is 17.3 Å². The number of carbonyl (C=O) groups is 1. The van der Waals surface area contributed by atoms with Crippen molar-refractivity contribution in [2.75, 3.05) is 11.9 Å². The molecule has 0 fully saturated rings. The number of carbonyl (C=O) groups excluding carboxylic acids is 1. The number of halogens is 1. The van der Waals surface area contributed by atoms with Crippen LogP contribution in [0.25, 0.3) is 0 Å². The van der Waals surface area contributed by atoms with E-state index in [0.717, 1.165) is 4.47 Å². The number of hydrogen-bond acceptors (Lipinski definition) is 4. The van der Waals surface area contributed by atoms with Gasteiger partial charge in [-0.3, -0.25) is 10.1 Å². The first-order chi connectivity index (χ1) is 11.0. The number of rotatable bonds is 4. The highest BCUT2D eigenvalue weighted by molar-refractivity contribution is 9.10. The van der Waals surface area contributed by atoms with E-state index in [9.17, 15) is 9.90 Å². The predicted molar refractivity (Wildman–Crippen MR) is 97.1 cm³/mol. The number of hydrogen-bond donors (Lipinski definition) is 3. The smallest absolute Gasteiger partial charge is 0.261 e. The van der Waals surface area contributed by atoms with Gasteiger partial charge in [0.15, 0.2) is 5.11 Å². The lowest BCUT2D eigenvalue weighted by Crippen LogP contribution is -2.34. The van der Waals surface area contributed by atoms with Gasteiger partial charge in [0.2, 0.25) is 0 Å².